The van der Waals surface area contributed by atoms with E-state index in [1.54, 1.807) is 12.1 Å². The van der Waals surface area contributed by atoms with E-state index < -0.39 is 6.43 Å². The summed E-state index contributed by atoms with van der Waals surface area (Å²) >= 11 is 0. The van der Waals surface area contributed by atoms with E-state index in [-0.39, 0.29) is 11.5 Å². The Bertz CT molecular complexity index is 612. The minimum atomic E-state index is -2.48. The summed E-state index contributed by atoms with van der Waals surface area (Å²) in [7, 11) is 0. The van der Waals surface area contributed by atoms with Crippen molar-refractivity contribution in [3.63, 3.8) is 0 Å². The van der Waals surface area contributed by atoms with Crippen LogP contribution in [0.1, 0.15) is 42.5 Å². The highest BCUT2D eigenvalue weighted by atomic mass is 19.3. The van der Waals surface area contributed by atoms with Gasteiger partial charge in [0.05, 0.1) is 6.54 Å². The maximum Gasteiger partial charge on any atom is 0.263 e. The lowest BCUT2D eigenvalue weighted by Gasteiger charge is -2.17. The van der Waals surface area contributed by atoms with Crippen LogP contribution < -0.4 is 5.32 Å². The van der Waals surface area contributed by atoms with E-state index >= 15 is 0 Å². The maximum atomic E-state index is 12.6. The Hall–Kier alpha value is -2.02. The van der Waals surface area contributed by atoms with Crippen LogP contribution in [0.4, 0.5) is 14.5 Å². The molecule has 1 aliphatic heterocycles. The summed E-state index contributed by atoms with van der Waals surface area (Å²) in [6, 6.07) is 6.14. The van der Waals surface area contributed by atoms with Gasteiger partial charge in [0.15, 0.2) is 5.82 Å². The molecule has 5 nitrogen and oxygen atoms in total. The third-order valence-corrected chi connectivity index (χ3v) is 3.64. The van der Waals surface area contributed by atoms with Crippen LogP contribution in [0.25, 0.3) is 0 Å². The molecule has 0 radical (unpaired) electrons. The number of nitrogens with zero attached hydrogens (tertiary/aromatic N) is 2. The molecule has 1 saturated heterocycles. The molecule has 22 heavy (non-hydrogen) atoms. The minimum Gasteiger partial charge on any atom is -0.381 e. The van der Waals surface area contributed by atoms with E-state index in [1.165, 1.54) is 12.1 Å². The fourth-order valence-electron chi connectivity index (χ4n) is 2.42. The molecule has 7 heteroatoms. The minimum absolute atomic E-state index is 0.0130. The van der Waals surface area contributed by atoms with Gasteiger partial charge in [0.1, 0.15) is 0 Å². The fraction of sp³-hybridized carbons (Fsp3) is 0.467. The molecular formula is C15H17F2N3O2. The van der Waals surface area contributed by atoms with E-state index in [0.29, 0.717) is 37.2 Å². The molecule has 0 atom stereocenters. The number of aromatic nitrogens is 2. The van der Waals surface area contributed by atoms with Crippen LogP contribution in [0.5, 0.6) is 0 Å². The van der Waals surface area contributed by atoms with Crippen molar-refractivity contribution in [3.8, 4) is 0 Å². The second-order valence-electron chi connectivity index (χ2n) is 5.22. The molecule has 1 aromatic carbocycles. The van der Waals surface area contributed by atoms with Crippen molar-refractivity contribution in [2.45, 2.75) is 31.7 Å². The van der Waals surface area contributed by atoms with Gasteiger partial charge in [0.2, 0.25) is 5.89 Å². The average molecular weight is 309 g/mol. The molecule has 0 bridgehead atoms. The summed E-state index contributed by atoms with van der Waals surface area (Å²) in [5.41, 5.74) is 0.594. The van der Waals surface area contributed by atoms with Gasteiger partial charge in [-0.05, 0) is 25.0 Å². The predicted octanol–water partition coefficient (Wildman–Crippen LogP) is 3.51. The first-order valence-corrected chi connectivity index (χ1v) is 7.24. The first-order valence-electron chi connectivity index (χ1n) is 7.24. The van der Waals surface area contributed by atoms with Crippen LogP contribution in [0.2, 0.25) is 0 Å². The molecule has 1 aromatic heterocycles. The lowest BCUT2D eigenvalue weighted by Crippen LogP contribution is -2.14. The zero-order chi connectivity index (χ0) is 15.4. The van der Waals surface area contributed by atoms with Crippen molar-refractivity contribution in [2.75, 3.05) is 18.5 Å². The van der Waals surface area contributed by atoms with Gasteiger partial charge in [-0.3, -0.25) is 0 Å². The third-order valence-electron chi connectivity index (χ3n) is 3.64. The Morgan fingerprint density at radius 3 is 2.86 bits per heavy atom. The van der Waals surface area contributed by atoms with Crippen LogP contribution in [0.15, 0.2) is 28.8 Å². The summed E-state index contributed by atoms with van der Waals surface area (Å²) in [5, 5.41) is 6.96. The highest BCUT2D eigenvalue weighted by Gasteiger charge is 2.21. The van der Waals surface area contributed by atoms with Crippen LogP contribution in [0, 0.1) is 0 Å². The third kappa shape index (κ3) is 3.59. The highest BCUT2D eigenvalue weighted by Crippen LogP contribution is 2.25. The number of benzene rings is 1. The van der Waals surface area contributed by atoms with Crippen molar-refractivity contribution >= 4 is 5.69 Å². The number of hydrogen-bond acceptors (Lipinski definition) is 5. The molecule has 1 fully saturated rings. The number of hydrogen-bond donors (Lipinski definition) is 1. The molecule has 2 aromatic rings. The summed E-state index contributed by atoms with van der Waals surface area (Å²) < 4.78 is 35.9. The van der Waals surface area contributed by atoms with Gasteiger partial charge in [-0.2, -0.15) is 4.98 Å². The van der Waals surface area contributed by atoms with E-state index in [9.17, 15) is 8.78 Å². The van der Waals surface area contributed by atoms with E-state index in [1.807, 2.05) is 0 Å². The van der Waals surface area contributed by atoms with Crippen molar-refractivity contribution in [1.82, 2.24) is 10.1 Å². The van der Waals surface area contributed by atoms with Gasteiger partial charge in [0, 0.05) is 30.4 Å². The number of rotatable bonds is 5. The van der Waals surface area contributed by atoms with Gasteiger partial charge >= 0.3 is 0 Å². The van der Waals surface area contributed by atoms with Gasteiger partial charge < -0.3 is 14.6 Å². The van der Waals surface area contributed by atoms with Gasteiger partial charge in [-0.15, -0.1) is 0 Å². The van der Waals surface area contributed by atoms with Crippen molar-refractivity contribution in [2.24, 2.45) is 0 Å². The first kappa shape index (κ1) is 14.9. The average Bonchev–Trinajstić information content (AvgIpc) is 3.03. The Kier molecular flexibility index (Phi) is 4.62. The van der Waals surface area contributed by atoms with Crippen molar-refractivity contribution in [3.05, 3.63) is 41.5 Å². The molecule has 0 saturated carbocycles. The van der Waals surface area contributed by atoms with Gasteiger partial charge in [-0.1, -0.05) is 17.3 Å². The van der Waals surface area contributed by atoms with E-state index in [4.69, 9.17) is 9.26 Å². The zero-order valence-corrected chi connectivity index (χ0v) is 12.0. The Balaban J connectivity index is 1.59. The summed E-state index contributed by atoms with van der Waals surface area (Å²) in [6.07, 6.45) is -0.719. The standard InChI is InChI=1S/C15H17F2N3O2/c16-14(17)11-2-1-3-12(8-11)18-9-13-19-15(22-20-13)10-4-6-21-7-5-10/h1-3,8,10,14,18H,4-7,9H2. The number of ether oxygens (including phenoxy) is 1. The molecule has 0 spiro atoms. The summed E-state index contributed by atoms with van der Waals surface area (Å²) in [6.45, 7) is 1.75. The van der Waals surface area contributed by atoms with Crippen molar-refractivity contribution < 1.29 is 18.0 Å². The largest absolute Gasteiger partial charge is 0.381 e. The molecule has 0 amide bonds. The molecule has 0 aliphatic carbocycles. The monoisotopic (exact) mass is 309 g/mol. The van der Waals surface area contributed by atoms with E-state index in [2.05, 4.69) is 15.5 Å². The highest BCUT2D eigenvalue weighted by molar-refractivity contribution is 5.46. The predicted molar refractivity (Wildman–Crippen MR) is 75.8 cm³/mol. The first-order chi connectivity index (χ1) is 10.7. The van der Waals surface area contributed by atoms with E-state index in [0.717, 1.165) is 12.8 Å². The van der Waals surface area contributed by atoms with Gasteiger partial charge in [-0.25, -0.2) is 8.78 Å². The lowest BCUT2D eigenvalue weighted by molar-refractivity contribution is 0.0778. The molecule has 118 valence electrons. The normalized spacial score (nSPS) is 16.1. The van der Waals surface area contributed by atoms with Gasteiger partial charge in [0.25, 0.3) is 6.43 Å². The molecular weight excluding hydrogens is 292 g/mol. The molecule has 1 aliphatic rings. The van der Waals surface area contributed by atoms with Crippen LogP contribution in [-0.4, -0.2) is 23.4 Å². The second kappa shape index (κ2) is 6.83. The lowest BCUT2D eigenvalue weighted by atomic mass is 10.0. The molecule has 1 N–H and O–H groups in total. The van der Waals surface area contributed by atoms with Crippen LogP contribution >= 0.6 is 0 Å². The fourth-order valence-corrected chi connectivity index (χ4v) is 2.42. The number of halogens is 2. The number of nitrogens with one attached hydrogen (secondary N) is 1. The SMILES string of the molecule is FC(F)c1cccc(NCc2noc(C3CCOCC3)n2)c1. The Morgan fingerprint density at radius 2 is 2.09 bits per heavy atom. The zero-order valence-electron chi connectivity index (χ0n) is 12.0. The number of alkyl halides is 2. The van der Waals surface area contributed by atoms with Crippen molar-refractivity contribution in [1.29, 1.82) is 0 Å². The molecule has 2 heterocycles. The molecule has 3 rings (SSSR count). The van der Waals surface area contributed by atoms with Crippen LogP contribution in [0.3, 0.4) is 0 Å². The second-order valence-corrected chi connectivity index (χ2v) is 5.22. The molecule has 0 unspecified atom stereocenters. The quantitative estimate of drug-likeness (QED) is 0.916. The number of anilines is 1. The smallest absolute Gasteiger partial charge is 0.263 e. The van der Waals surface area contributed by atoms with Crippen LogP contribution in [-0.2, 0) is 11.3 Å². The Morgan fingerprint density at radius 1 is 1.27 bits per heavy atom. The topological polar surface area (TPSA) is 60.2 Å². The maximum absolute atomic E-state index is 12.6. The summed E-state index contributed by atoms with van der Waals surface area (Å²) in [4.78, 5) is 4.36. The summed E-state index contributed by atoms with van der Waals surface area (Å²) in [5.74, 6) is 1.39. The Labute approximate surface area is 126 Å².